The molecule has 38 valence electrons. The molecule has 0 aromatic carbocycles. The number of rotatable bonds is 1. The Morgan fingerprint density at radius 1 is 1.38 bits per heavy atom. The van der Waals surface area contributed by atoms with E-state index in [-0.39, 0.29) is 37.7 Å². The zero-order chi connectivity index (χ0) is 5.21. The van der Waals surface area contributed by atoms with E-state index in [1.165, 1.54) is 0 Å². The van der Waals surface area contributed by atoms with Gasteiger partial charge in [-0.1, -0.05) is 7.60 Å². The first-order valence-corrected chi connectivity index (χ1v) is 3.00. The van der Waals surface area contributed by atoms with E-state index in [9.17, 15) is 14.4 Å². The van der Waals surface area contributed by atoms with Crippen molar-refractivity contribution in [2.75, 3.05) is 6.29 Å². The van der Waals surface area contributed by atoms with E-state index in [1.807, 2.05) is 0 Å². The van der Waals surface area contributed by atoms with Crippen molar-refractivity contribution in [3.63, 3.8) is 0 Å². The van der Waals surface area contributed by atoms with Gasteiger partial charge in [-0.05, 0) is 0 Å². The van der Waals surface area contributed by atoms with Gasteiger partial charge in [0.25, 0.3) is 0 Å². The fourth-order valence-electron chi connectivity index (χ4n) is 0. The monoisotopic (exact) mass is 123 g/mol. The number of hydrogen-bond acceptors (Lipinski definition) is 4. The predicted octanol–water partition coefficient (Wildman–Crippen LogP) is -8.18. The second-order valence-electron chi connectivity index (χ2n) is 0.793. The first-order valence-electron chi connectivity index (χ1n) is 1.27. The molecule has 0 spiro atoms. The van der Waals surface area contributed by atoms with Gasteiger partial charge in [-0.3, -0.25) is 0 Å². The maximum Gasteiger partial charge on any atom is 1.00 e. The molecule has 0 atom stereocenters. The predicted molar refractivity (Wildman–Crippen MR) is 16.7 cm³/mol. The molecule has 7 heteroatoms. The van der Waals surface area contributed by atoms with Crippen LogP contribution in [-0.2, 0) is 4.57 Å². The Bertz CT molecular complexity index is 81.4. The van der Waals surface area contributed by atoms with E-state index in [0.29, 0.717) is 0 Å². The van der Waals surface area contributed by atoms with Crippen LogP contribution in [0.5, 0.6) is 0 Å². The summed E-state index contributed by atoms with van der Waals surface area (Å²) in [5.74, 6) is 0. The zero-order valence-corrected chi connectivity index (χ0v) is 5.85. The molecule has 0 rings (SSSR count). The van der Waals surface area contributed by atoms with E-state index in [0.717, 1.165) is 0 Å². The summed E-state index contributed by atoms with van der Waals surface area (Å²) in [5, 5.41) is 0. The third-order valence-corrected chi connectivity index (χ3v) is 0.671. The maximum absolute atomic E-state index is 9.35. The Balaban J connectivity index is -0.000000125. The quantitative estimate of drug-likeness (QED) is 0.277. The van der Waals surface area contributed by atoms with Gasteiger partial charge in [-0.15, -0.1) is 0 Å². The summed E-state index contributed by atoms with van der Waals surface area (Å²) in [4.78, 5) is 18.7. The van der Waals surface area contributed by atoms with Crippen molar-refractivity contribution in [3.8, 4) is 0 Å². The molecule has 0 aliphatic rings. The number of nitrogens with two attached hydrogens (primary N) is 1. The van der Waals surface area contributed by atoms with Crippen LogP contribution in [0.25, 0.3) is 0 Å². The molecule has 4 nitrogen and oxygen atoms in total. The molecule has 8 heavy (non-hydrogen) atoms. The molecule has 0 fully saturated rings. The molecule has 0 aliphatic carbocycles. The Hall–Kier alpha value is 1.30. The average Bonchev–Trinajstić information content (AvgIpc) is 1.35. The van der Waals surface area contributed by atoms with Crippen LogP contribution < -0.4 is 53.2 Å². The maximum atomic E-state index is 9.35. The summed E-state index contributed by atoms with van der Waals surface area (Å²) in [6.45, 7) is 0. The second kappa shape index (κ2) is 6.43. The van der Waals surface area contributed by atoms with Crippen molar-refractivity contribution in [1.29, 1.82) is 0 Å². The standard InChI is InChI=1S/CH6NO3P.2Li/c2-1-6(3,4)5;;/h1-2H2,(H2,3,4,5);;/q;2*+1/p-2. The first-order chi connectivity index (χ1) is 2.56. The Labute approximate surface area is 71.7 Å². The van der Waals surface area contributed by atoms with Crippen molar-refractivity contribution in [2.24, 2.45) is 5.73 Å². The topological polar surface area (TPSA) is 89.2 Å². The largest absolute Gasteiger partial charge is 1.00 e. The molecule has 0 radical (unpaired) electrons. The van der Waals surface area contributed by atoms with Gasteiger partial charge in [0.2, 0.25) is 0 Å². The van der Waals surface area contributed by atoms with Gasteiger partial charge in [0.1, 0.15) is 0 Å². The molecule has 0 aromatic rings. The molecule has 2 N–H and O–H groups in total. The van der Waals surface area contributed by atoms with E-state index in [4.69, 9.17) is 0 Å². The minimum Gasteiger partial charge on any atom is -0.810 e. The van der Waals surface area contributed by atoms with E-state index in [2.05, 4.69) is 5.73 Å². The molecular weight excluding hydrogens is 119 g/mol. The molecule has 0 unspecified atom stereocenters. The van der Waals surface area contributed by atoms with Gasteiger partial charge in [0.05, 0.1) is 0 Å². The molecular formula is CH4Li2NO3P. The summed E-state index contributed by atoms with van der Waals surface area (Å²) in [6.07, 6.45) is -0.785. The zero-order valence-electron chi connectivity index (χ0n) is 4.96. The van der Waals surface area contributed by atoms with Crippen LogP contribution in [0.4, 0.5) is 0 Å². The van der Waals surface area contributed by atoms with E-state index >= 15 is 0 Å². The molecule has 0 aromatic heterocycles. The van der Waals surface area contributed by atoms with Gasteiger partial charge in [-0.2, -0.15) is 0 Å². The fraction of sp³-hybridized carbons (Fsp3) is 1.00. The summed E-state index contributed by atoms with van der Waals surface area (Å²) in [6, 6.07) is 0. The molecule has 0 bridgehead atoms. The second-order valence-corrected chi connectivity index (χ2v) is 2.38. The van der Waals surface area contributed by atoms with Crippen LogP contribution in [0.2, 0.25) is 0 Å². The molecule has 0 amide bonds. The van der Waals surface area contributed by atoms with Crippen LogP contribution in [-0.4, -0.2) is 6.29 Å². The molecule has 0 aliphatic heterocycles. The summed E-state index contributed by atoms with van der Waals surface area (Å²) in [5.41, 5.74) is 4.42. The summed E-state index contributed by atoms with van der Waals surface area (Å²) >= 11 is 0. The van der Waals surface area contributed by atoms with Crippen LogP contribution in [0.1, 0.15) is 0 Å². The van der Waals surface area contributed by atoms with Crippen molar-refractivity contribution < 1.29 is 52.1 Å². The minimum absolute atomic E-state index is 0. The normalized spacial score (nSPS) is 8.88. The van der Waals surface area contributed by atoms with Crippen LogP contribution >= 0.6 is 7.60 Å². The third kappa shape index (κ3) is 15.7. The van der Waals surface area contributed by atoms with Crippen molar-refractivity contribution in [2.45, 2.75) is 0 Å². The van der Waals surface area contributed by atoms with Crippen LogP contribution in [0, 0.1) is 0 Å². The summed E-state index contributed by atoms with van der Waals surface area (Å²) in [7, 11) is -4.37. The fourth-order valence-corrected chi connectivity index (χ4v) is 0. The van der Waals surface area contributed by atoms with E-state index < -0.39 is 13.9 Å². The molecule has 0 saturated heterocycles. The first kappa shape index (κ1) is 16.1. The van der Waals surface area contributed by atoms with Gasteiger partial charge in [0.15, 0.2) is 0 Å². The van der Waals surface area contributed by atoms with Crippen LogP contribution in [0.3, 0.4) is 0 Å². The van der Waals surface area contributed by atoms with Gasteiger partial charge in [0, 0.05) is 6.29 Å². The smallest absolute Gasteiger partial charge is 0.810 e. The molecule has 0 saturated carbocycles. The average molecular weight is 123 g/mol. The Kier molecular flexibility index (Phi) is 13.0. The SMILES string of the molecule is NCP(=O)([O-])[O-].[Li+].[Li+]. The van der Waals surface area contributed by atoms with Crippen molar-refractivity contribution >= 4 is 7.60 Å². The van der Waals surface area contributed by atoms with Gasteiger partial charge >= 0.3 is 37.7 Å². The van der Waals surface area contributed by atoms with Gasteiger partial charge < -0.3 is 20.1 Å². The van der Waals surface area contributed by atoms with Gasteiger partial charge in [-0.25, -0.2) is 0 Å². The summed E-state index contributed by atoms with van der Waals surface area (Å²) < 4.78 is 9.35. The Morgan fingerprint density at radius 3 is 1.50 bits per heavy atom. The Morgan fingerprint density at radius 2 is 1.50 bits per heavy atom. The molecule has 0 heterocycles. The van der Waals surface area contributed by atoms with E-state index in [1.54, 1.807) is 0 Å². The third-order valence-electron chi connectivity index (χ3n) is 0.224. The van der Waals surface area contributed by atoms with Crippen molar-refractivity contribution in [3.05, 3.63) is 0 Å². The van der Waals surface area contributed by atoms with Crippen molar-refractivity contribution in [1.82, 2.24) is 0 Å². The van der Waals surface area contributed by atoms with Crippen LogP contribution in [0.15, 0.2) is 0 Å². The number of hydrogen-bond donors (Lipinski definition) is 1. The minimum atomic E-state index is -4.37.